The number of hydrogen-bond acceptors (Lipinski definition) is 4. The van der Waals surface area contributed by atoms with E-state index in [0.29, 0.717) is 25.6 Å². The number of nitrogens with zero attached hydrogens (tertiary/aromatic N) is 4. The van der Waals surface area contributed by atoms with E-state index in [1.54, 1.807) is 4.90 Å². The lowest BCUT2D eigenvalue weighted by Crippen LogP contribution is -2.38. The minimum absolute atomic E-state index is 0.0181. The molecule has 0 bridgehead atoms. The first-order valence-electron chi connectivity index (χ1n) is 6.19. The quantitative estimate of drug-likeness (QED) is 0.465. The van der Waals surface area contributed by atoms with E-state index >= 15 is 0 Å². The van der Waals surface area contributed by atoms with E-state index in [9.17, 15) is 14.9 Å². The van der Waals surface area contributed by atoms with Gasteiger partial charge < -0.3 is 15.0 Å². The predicted octanol–water partition coefficient (Wildman–Crippen LogP) is 1.22. The number of nitro groups is 1. The molecule has 0 saturated carbocycles. The van der Waals surface area contributed by atoms with Crippen molar-refractivity contribution in [3.05, 3.63) is 35.0 Å². The topological polar surface area (TPSA) is 81.3 Å². The molecular weight excluding hydrogens is 248 g/mol. The standard InChI is InChI=1S/C12H16N4O3/c1-2-12(17)14-7-4-10(5-8-14)9-15-11(16(18)19)3-6-13-15/h2-3,6,10H,1,4-5,7-9H2. The number of aromatic nitrogens is 2. The maximum atomic E-state index is 11.4. The van der Waals surface area contributed by atoms with Gasteiger partial charge in [0.2, 0.25) is 5.91 Å². The van der Waals surface area contributed by atoms with Gasteiger partial charge in [0.25, 0.3) is 0 Å². The Labute approximate surface area is 110 Å². The Kier molecular flexibility index (Phi) is 3.94. The first kappa shape index (κ1) is 13.3. The van der Waals surface area contributed by atoms with Crippen LogP contribution in [0.3, 0.4) is 0 Å². The molecule has 1 saturated heterocycles. The highest BCUT2D eigenvalue weighted by atomic mass is 16.6. The fraction of sp³-hybridized carbons (Fsp3) is 0.500. The average molecular weight is 264 g/mol. The zero-order valence-electron chi connectivity index (χ0n) is 10.6. The molecule has 0 atom stereocenters. The summed E-state index contributed by atoms with van der Waals surface area (Å²) in [5, 5.41) is 14.8. The van der Waals surface area contributed by atoms with Crippen LogP contribution in [0.5, 0.6) is 0 Å². The molecule has 1 fully saturated rings. The Hall–Kier alpha value is -2.18. The largest absolute Gasteiger partial charge is 0.358 e. The number of hydrogen-bond donors (Lipinski definition) is 0. The van der Waals surface area contributed by atoms with E-state index in [-0.39, 0.29) is 11.7 Å². The van der Waals surface area contributed by atoms with Crippen LogP contribution in [0.1, 0.15) is 12.8 Å². The molecule has 0 aromatic carbocycles. The zero-order valence-corrected chi connectivity index (χ0v) is 10.6. The summed E-state index contributed by atoms with van der Waals surface area (Å²) in [7, 11) is 0. The van der Waals surface area contributed by atoms with Gasteiger partial charge in [-0.3, -0.25) is 4.79 Å². The number of amides is 1. The van der Waals surface area contributed by atoms with E-state index in [1.807, 2.05) is 0 Å². The lowest BCUT2D eigenvalue weighted by molar-refractivity contribution is -0.392. The molecule has 1 amide bonds. The van der Waals surface area contributed by atoms with Gasteiger partial charge in [-0.25, -0.2) is 0 Å². The Bertz CT molecular complexity index is 489. The normalized spacial score (nSPS) is 16.3. The molecule has 7 nitrogen and oxygen atoms in total. The highest BCUT2D eigenvalue weighted by Gasteiger charge is 2.25. The number of likely N-dealkylation sites (tertiary alicyclic amines) is 1. The monoisotopic (exact) mass is 264 g/mol. The minimum Gasteiger partial charge on any atom is -0.358 e. The molecule has 2 heterocycles. The number of piperidine rings is 1. The van der Waals surface area contributed by atoms with Crippen molar-refractivity contribution in [1.29, 1.82) is 0 Å². The fourth-order valence-corrected chi connectivity index (χ4v) is 2.33. The van der Waals surface area contributed by atoms with E-state index < -0.39 is 4.92 Å². The third-order valence-electron chi connectivity index (χ3n) is 3.41. The summed E-state index contributed by atoms with van der Waals surface area (Å²) < 4.78 is 1.43. The number of carbonyl (C=O) groups is 1. The minimum atomic E-state index is -0.427. The van der Waals surface area contributed by atoms with Gasteiger partial charge in [-0.15, -0.1) is 4.68 Å². The number of carbonyl (C=O) groups excluding carboxylic acids is 1. The molecule has 1 aromatic heterocycles. The summed E-state index contributed by atoms with van der Waals surface area (Å²) in [6.45, 7) is 5.34. The summed E-state index contributed by atoms with van der Waals surface area (Å²) in [5.74, 6) is 0.278. The molecule has 1 aliphatic heterocycles. The molecule has 0 N–H and O–H groups in total. The highest BCUT2D eigenvalue weighted by molar-refractivity contribution is 5.87. The van der Waals surface area contributed by atoms with Gasteiger partial charge >= 0.3 is 5.82 Å². The van der Waals surface area contributed by atoms with Crippen molar-refractivity contribution >= 4 is 11.7 Å². The summed E-state index contributed by atoms with van der Waals surface area (Å²) in [4.78, 5) is 23.5. The maximum Gasteiger partial charge on any atom is 0.344 e. The second kappa shape index (κ2) is 5.64. The van der Waals surface area contributed by atoms with Gasteiger partial charge in [0, 0.05) is 19.0 Å². The van der Waals surface area contributed by atoms with Crippen molar-refractivity contribution in [3.8, 4) is 0 Å². The third kappa shape index (κ3) is 2.98. The van der Waals surface area contributed by atoms with Crippen LogP contribution < -0.4 is 0 Å². The Balaban J connectivity index is 1.92. The molecule has 0 spiro atoms. The van der Waals surface area contributed by atoms with E-state index in [0.717, 1.165) is 12.8 Å². The summed E-state index contributed by atoms with van der Waals surface area (Å²) >= 11 is 0. The van der Waals surface area contributed by atoms with Crippen LogP contribution in [0, 0.1) is 16.0 Å². The Morgan fingerprint density at radius 3 is 2.84 bits per heavy atom. The van der Waals surface area contributed by atoms with Crippen LogP contribution >= 0.6 is 0 Å². The molecule has 0 unspecified atom stereocenters. The second-order valence-corrected chi connectivity index (χ2v) is 4.60. The van der Waals surface area contributed by atoms with Crippen molar-refractivity contribution in [2.24, 2.45) is 5.92 Å². The zero-order chi connectivity index (χ0) is 13.8. The molecule has 0 radical (unpaired) electrons. The Morgan fingerprint density at radius 2 is 2.26 bits per heavy atom. The smallest absolute Gasteiger partial charge is 0.344 e. The van der Waals surface area contributed by atoms with Gasteiger partial charge in [-0.2, -0.15) is 0 Å². The molecule has 19 heavy (non-hydrogen) atoms. The second-order valence-electron chi connectivity index (χ2n) is 4.60. The van der Waals surface area contributed by atoms with Crippen molar-refractivity contribution in [3.63, 3.8) is 0 Å². The first-order valence-corrected chi connectivity index (χ1v) is 6.19. The first-order chi connectivity index (χ1) is 9.11. The molecule has 102 valence electrons. The van der Waals surface area contributed by atoms with Gasteiger partial charge in [-0.1, -0.05) is 11.7 Å². The van der Waals surface area contributed by atoms with Crippen LogP contribution in [0.2, 0.25) is 0 Å². The lowest BCUT2D eigenvalue weighted by atomic mass is 9.97. The number of rotatable bonds is 4. The molecule has 0 aliphatic carbocycles. The van der Waals surface area contributed by atoms with Crippen molar-refractivity contribution in [2.45, 2.75) is 19.4 Å². The van der Waals surface area contributed by atoms with Gasteiger partial charge in [0.1, 0.15) is 6.54 Å². The maximum absolute atomic E-state index is 11.4. The van der Waals surface area contributed by atoms with Crippen LogP contribution in [-0.4, -0.2) is 38.6 Å². The third-order valence-corrected chi connectivity index (χ3v) is 3.41. The average Bonchev–Trinajstić information content (AvgIpc) is 2.87. The highest BCUT2D eigenvalue weighted by Crippen LogP contribution is 2.21. The van der Waals surface area contributed by atoms with Gasteiger partial charge in [-0.05, 0) is 23.8 Å². The molecule has 2 rings (SSSR count). The summed E-state index contributed by atoms with van der Waals surface area (Å²) in [6.07, 6.45) is 4.42. The molecule has 1 aromatic rings. The summed E-state index contributed by atoms with van der Waals surface area (Å²) in [5.41, 5.74) is 0. The van der Waals surface area contributed by atoms with E-state index in [2.05, 4.69) is 11.7 Å². The van der Waals surface area contributed by atoms with Crippen LogP contribution in [-0.2, 0) is 11.3 Å². The van der Waals surface area contributed by atoms with Crippen molar-refractivity contribution in [2.75, 3.05) is 13.1 Å². The molecule has 7 heteroatoms. The van der Waals surface area contributed by atoms with Crippen molar-refractivity contribution < 1.29 is 9.72 Å². The molecule has 1 aliphatic rings. The van der Waals surface area contributed by atoms with E-state index in [1.165, 1.54) is 23.0 Å². The van der Waals surface area contributed by atoms with Crippen LogP contribution in [0.4, 0.5) is 5.82 Å². The molecular formula is C12H16N4O3. The van der Waals surface area contributed by atoms with Crippen LogP contribution in [0.15, 0.2) is 24.9 Å². The Morgan fingerprint density at radius 1 is 1.58 bits per heavy atom. The summed E-state index contributed by atoms with van der Waals surface area (Å²) in [6, 6.07) is 1.40. The van der Waals surface area contributed by atoms with Gasteiger partial charge in [0.15, 0.2) is 0 Å². The SMILES string of the molecule is C=CC(=O)N1CCC(Cn2nccc2[N+](=O)[O-])CC1. The van der Waals surface area contributed by atoms with E-state index in [4.69, 9.17) is 0 Å². The fourth-order valence-electron chi connectivity index (χ4n) is 2.33. The van der Waals surface area contributed by atoms with Crippen molar-refractivity contribution in [1.82, 2.24) is 14.7 Å². The van der Waals surface area contributed by atoms with Gasteiger partial charge in [0.05, 0.1) is 12.3 Å². The van der Waals surface area contributed by atoms with Crippen LogP contribution in [0.25, 0.3) is 0 Å². The lowest BCUT2D eigenvalue weighted by Gasteiger charge is -2.30. The predicted molar refractivity (Wildman–Crippen MR) is 68.4 cm³/mol.